The van der Waals surface area contributed by atoms with E-state index in [2.05, 4.69) is 10.6 Å². The Morgan fingerprint density at radius 3 is 2.43 bits per heavy atom. The summed E-state index contributed by atoms with van der Waals surface area (Å²) >= 11 is 6.12. The molecule has 0 spiro atoms. The third-order valence-electron chi connectivity index (χ3n) is 3.95. The van der Waals surface area contributed by atoms with Crippen LogP contribution in [0.3, 0.4) is 0 Å². The normalized spacial score (nSPS) is 18.3. The first kappa shape index (κ1) is 13.8. The zero-order chi connectivity index (χ0) is 16.1. The molecule has 114 valence electrons. The van der Waals surface area contributed by atoms with Crippen LogP contribution in [0.1, 0.15) is 20.7 Å². The minimum atomic E-state index is -0.280. The van der Waals surface area contributed by atoms with Crippen molar-refractivity contribution < 1.29 is 14.3 Å². The molecule has 0 aromatic heterocycles. The van der Waals surface area contributed by atoms with Crippen LogP contribution in [0.2, 0.25) is 5.02 Å². The number of Topliss-reactive ketones (excluding diaryl/α,β-unsaturated/α-hetero) is 2. The minimum absolute atomic E-state index is 0.205. The lowest BCUT2D eigenvalue weighted by molar-refractivity contribution is 0.101. The lowest BCUT2D eigenvalue weighted by Gasteiger charge is -2.04. The van der Waals surface area contributed by atoms with Gasteiger partial charge in [0.1, 0.15) is 17.1 Å². The van der Waals surface area contributed by atoms with Crippen LogP contribution < -0.4 is 15.4 Å². The predicted octanol–water partition coefficient (Wildman–Crippen LogP) is 3.48. The fourth-order valence-electron chi connectivity index (χ4n) is 2.86. The number of carbonyl (C=O) groups is 2. The standard InChI is InChI=1S/C17H11ClN2O3/c1-23-11-7-3-6-10-12(11)17(22)15(19-10)14-16(21)8-4-2-5-9(18)13(8)20-14/h2-7,19-20H,1H3/b15-14+. The molecule has 2 heterocycles. The van der Waals surface area contributed by atoms with Gasteiger partial charge in [0.25, 0.3) is 0 Å². The molecule has 6 heteroatoms. The van der Waals surface area contributed by atoms with Crippen LogP contribution in [0.4, 0.5) is 11.4 Å². The van der Waals surface area contributed by atoms with Gasteiger partial charge in [-0.3, -0.25) is 9.59 Å². The highest BCUT2D eigenvalue weighted by molar-refractivity contribution is 6.37. The number of para-hydroxylation sites is 1. The maximum atomic E-state index is 12.7. The number of fused-ring (bicyclic) bond motifs is 2. The Bertz CT molecular complexity index is 918. The Kier molecular flexibility index (Phi) is 2.92. The Labute approximate surface area is 136 Å². The summed E-state index contributed by atoms with van der Waals surface area (Å²) in [4.78, 5) is 25.3. The van der Waals surface area contributed by atoms with E-state index in [4.69, 9.17) is 16.3 Å². The molecule has 5 nitrogen and oxygen atoms in total. The molecule has 2 aliphatic rings. The van der Waals surface area contributed by atoms with Gasteiger partial charge in [0, 0.05) is 5.56 Å². The van der Waals surface area contributed by atoms with E-state index in [0.717, 1.165) is 0 Å². The van der Waals surface area contributed by atoms with Gasteiger partial charge in [-0.25, -0.2) is 0 Å². The van der Waals surface area contributed by atoms with Crippen LogP contribution in [-0.4, -0.2) is 18.7 Å². The number of halogens is 1. The smallest absolute Gasteiger partial charge is 0.217 e. The van der Waals surface area contributed by atoms with Crippen molar-refractivity contribution in [3.05, 3.63) is 63.9 Å². The van der Waals surface area contributed by atoms with Crippen molar-refractivity contribution in [2.45, 2.75) is 0 Å². The van der Waals surface area contributed by atoms with E-state index in [1.54, 1.807) is 36.4 Å². The second-order valence-corrected chi connectivity index (χ2v) is 5.61. The van der Waals surface area contributed by atoms with Crippen molar-refractivity contribution in [1.29, 1.82) is 0 Å². The number of rotatable bonds is 1. The second-order valence-electron chi connectivity index (χ2n) is 5.20. The molecule has 0 aliphatic carbocycles. The van der Waals surface area contributed by atoms with Crippen LogP contribution in [0.5, 0.6) is 5.75 Å². The maximum absolute atomic E-state index is 12.7. The van der Waals surface area contributed by atoms with Gasteiger partial charge in [0.05, 0.1) is 29.1 Å². The molecule has 4 rings (SSSR count). The fraction of sp³-hybridized carbons (Fsp3) is 0.0588. The average Bonchev–Trinajstić information content (AvgIpc) is 3.07. The number of anilines is 2. The summed E-state index contributed by atoms with van der Waals surface area (Å²) in [6, 6.07) is 10.3. The molecule has 2 aromatic carbocycles. The van der Waals surface area contributed by atoms with Crippen molar-refractivity contribution in [1.82, 2.24) is 0 Å². The van der Waals surface area contributed by atoms with Crippen molar-refractivity contribution >= 4 is 34.5 Å². The number of ether oxygens (including phenoxy) is 1. The van der Waals surface area contributed by atoms with Crippen molar-refractivity contribution in [3.8, 4) is 5.75 Å². The molecule has 0 bridgehead atoms. The predicted molar refractivity (Wildman–Crippen MR) is 87.4 cm³/mol. The number of nitrogens with one attached hydrogen (secondary N) is 2. The van der Waals surface area contributed by atoms with Crippen molar-refractivity contribution in [2.24, 2.45) is 0 Å². The summed E-state index contributed by atoms with van der Waals surface area (Å²) in [6.45, 7) is 0. The molecule has 0 fully saturated rings. The highest BCUT2D eigenvalue weighted by Gasteiger charge is 2.36. The topological polar surface area (TPSA) is 67.4 Å². The number of hydrogen-bond acceptors (Lipinski definition) is 5. The van der Waals surface area contributed by atoms with Crippen LogP contribution in [0.25, 0.3) is 0 Å². The summed E-state index contributed by atoms with van der Waals surface area (Å²) in [7, 11) is 1.50. The highest BCUT2D eigenvalue weighted by atomic mass is 35.5. The van der Waals surface area contributed by atoms with E-state index >= 15 is 0 Å². The second kappa shape index (κ2) is 4.86. The number of methoxy groups -OCH3 is 1. The molecular formula is C17H11ClN2O3. The van der Waals surface area contributed by atoms with E-state index in [9.17, 15) is 9.59 Å². The van der Waals surface area contributed by atoms with Gasteiger partial charge in [0.15, 0.2) is 0 Å². The zero-order valence-corrected chi connectivity index (χ0v) is 12.8. The van der Waals surface area contributed by atoms with Gasteiger partial charge in [-0.15, -0.1) is 0 Å². The number of benzene rings is 2. The Hall–Kier alpha value is -2.79. The van der Waals surface area contributed by atoms with Gasteiger partial charge in [-0.1, -0.05) is 23.7 Å². The Morgan fingerprint density at radius 1 is 0.957 bits per heavy atom. The molecule has 23 heavy (non-hydrogen) atoms. The van der Waals surface area contributed by atoms with Gasteiger partial charge in [-0.05, 0) is 24.3 Å². The van der Waals surface area contributed by atoms with Gasteiger partial charge in [0.2, 0.25) is 11.6 Å². The van der Waals surface area contributed by atoms with Gasteiger partial charge in [-0.2, -0.15) is 0 Å². The van der Waals surface area contributed by atoms with Crippen LogP contribution >= 0.6 is 11.6 Å². The zero-order valence-electron chi connectivity index (χ0n) is 12.1. The fourth-order valence-corrected chi connectivity index (χ4v) is 3.09. The molecule has 0 atom stereocenters. The number of carbonyl (C=O) groups excluding carboxylic acids is 2. The molecule has 0 unspecified atom stereocenters. The van der Waals surface area contributed by atoms with Crippen molar-refractivity contribution in [3.63, 3.8) is 0 Å². The first-order valence-electron chi connectivity index (χ1n) is 6.95. The van der Waals surface area contributed by atoms with Crippen LogP contribution in [0, 0.1) is 0 Å². The molecule has 2 aliphatic heterocycles. The number of ketones is 2. The Balaban J connectivity index is 1.85. The van der Waals surface area contributed by atoms with E-state index in [-0.39, 0.29) is 23.0 Å². The van der Waals surface area contributed by atoms with E-state index in [1.807, 2.05) is 0 Å². The third-order valence-corrected chi connectivity index (χ3v) is 4.26. The highest BCUT2D eigenvalue weighted by Crippen LogP contribution is 2.40. The first-order valence-corrected chi connectivity index (χ1v) is 7.33. The van der Waals surface area contributed by atoms with Crippen LogP contribution in [0.15, 0.2) is 47.8 Å². The van der Waals surface area contributed by atoms with Crippen LogP contribution in [-0.2, 0) is 0 Å². The van der Waals surface area contributed by atoms with E-state index in [0.29, 0.717) is 33.3 Å². The van der Waals surface area contributed by atoms with Gasteiger partial charge >= 0.3 is 0 Å². The summed E-state index contributed by atoms with van der Waals surface area (Å²) in [5, 5.41) is 6.42. The lowest BCUT2D eigenvalue weighted by atomic mass is 10.1. The molecule has 0 saturated carbocycles. The first-order chi connectivity index (χ1) is 11.1. The number of allylic oxidation sites excluding steroid dienone is 2. The third kappa shape index (κ3) is 1.87. The largest absolute Gasteiger partial charge is 0.496 e. The summed E-state index contributed by atoms with van der Waals surface area (Å²) in [5.41, 5.74) is 2.44. The van der Waals surface area contributed by atoms with E-state index < -0.39 is 0 Å². The molecule has 2 aromatic rings. The summed E-state index contributed by atoms with van der Waals surface area (Å²) in [5.74, 6) is -0.0704. The minimum Gasteiger partial charge on any atom is -0.496 e. The quantitative estimate of drug-likeness (QED) is 0.785. The molecule has 0 amide bonds. The SMILES string of the molecule is COc1cccc2c1C(=O)/C(=C1\Nc3c(Cl)cccc3C1=O)N2. The average molecular weight is 327 g/mol. The van der Waals surface area contributed by atoms with Gasteiger partial charge < -0.3 is 15.4 Å². The molecule has 0 radical (unpaired) electrons. The number of hydrogen-bond donors (Lipinski definition) is 2. The summed E-state index contributed by atoms with van der Waals surface area (Å²) < 4.78 is 5.24. The lowest BCUT2D eigenvalue weighted by Crippen LogP contribution is -2.13. The molecular weight excluding hydrogens is 316 g/mol. The summed E-state index contributed by atoms with van der Waals surface area (Å²) in [6.07, 6.45) is 0. The monoisotopic (exact) mass is 326 g/mol. The maximum Gasteiger partial charge on any atom is 0.217 e. The van der Waals surface area contributed by atoms with Crippen molar-refractivity contribution in [2.75, 3.05) is 17.7 Å². The Morgan fingerprint density at radius 2 is 1.70 bits per heavy atom. The van der Waals surface area contributed by atoms with E-state index in [1.165, 1.54) is 7.11 Å². The molecule has 0 saturated heterocycles. The molecule has 2 N–H and O–H groups in total.